The first-order chi connectivity index (χ1) is 8.52. The third kappa shape index (κ3) is 4.63. The first kappa shape index (κ1) is 14.3. The first-order valence-electron chi connectivity index (χ1n) is 5.87. The van der Waals surface area contributed by atoms with E-state index in [0.717, 1.165) is 11.5 Å². The van der Waals surface area contributed by atoms with Gasteiger partial charge >= 0.3 is 0 Å². The van der Waals surface area contributed by atoms with Gasteiger partial charge < -0.3 is 20.5 Å². The molecular weight excluding hydrogens is 232 g/mol. The van der Waals surface area contributed by atoms with Crippen LogP contribution in [0.4, 0.5) is 0 Å². The van der Waals surface area contributed by atoms with Gasteiger partial charge in [0.05, 0.1) is 19.7 Å². The zero-order chi connectivity index (χ0) is 13.5. The lowest BCUT2D eigenvalue weighted by Gasteiger charge is -2.16. The minimum absolute atomic E-state index is 0.124. The molecule has 1 unspecified atom stereocenters. The van der Waals surface area contributed by atoms with E-state index < -0.39 is 6.04 Å². The Morgan fingerprint density at radius 3 is 2.33 bits per heavy atom. The van der Waals surface area contributed by atoms with Crippen molar-refractivity contribution >= 4 is 5.91 Å². The molecule has 5 heteroatoms. The zero-order valence-corrected chi connectivity index (χ0v) is 11.0. The highest BCUT2D eigenvalue weighted by Gasteiger charge is 2.09. The van der Waals surface area contributed by atoms with E-state index in [1.54, 1.807) is 14.0 Å². The van der Waals surface area contributed by atoms with Gasteiger partial charge in [-0.2, -0.15) is 0 Å². The van der Waals surface area contributed by atoms with Gasteiger partial charge in [-0.1, -0.05) is 0 Å². The molecule has 1 aromatic carbocycles. The van der Waals surface area contributed by atoms with Crippen molar-refractivity contribution < 1.29 is 14.3 Å². The fourth-order valence-electron chi connectivity index (χ4n) is 1.33. The monoisotopic (exact) mass is 252 g/mol. The average Bonchev–Trinajstić information content (AvgIpc) is 2.36. The van der Waals surface area contributed by atoms with Crippen LogP contribution in [-0.4, -0.2) is 31.7 Å². The molecular formula is C13H20N2O3. The highest BCUT2D eigenvalue weighted by molar-refractivity contribution is 5.80. The van der Waals surface area contributed by atoms with Crippen molar-refractivity contribution in [1.29, 1.82) is 0 Å². The van der Waals surface area contributed by atoms with E-state index in [0.29, 0.717) is 6.54 Å². The van der Waals surface area contributed by atoms with Gasteiger partial charge in [0.15, 0.2) is 0 Å². The summed E-state index contributed by atoms with van der Waals surface area (Å²) < 4.78 is 10.7. The Morgan fingerprint density at radius 1 is 1.28 bits per heavy atom. The Balaban J connectivity index is 2.39. The van der Waals surface area contributed by atoms with Crippen LogP contribution in [0.1, 0.15) is 13.8 Å². The van der Waals surface area contributed by atoms with Gasteiger partial charge in [-0.25, -0.2) is 0 Å². The molecule has 0 fully saturated rings. The third-order valence-electron chi connectivity index (χ3n) is 2.37. The summed E-state index contributed by atoms with van der Waals surface area (Å²) in [6, 6.07) is 6.79. The predicted octanol–water partition coefficient (Wildman–Crippen LogP) is 0.926. The summed E-state index contributed by atoms with van der Waals surface area (Å²) >= 11 is 0. The van der Waals surface area contributed by atoms with Crippen LogP contribution < -0.4 is 20.5 Å². The quantitative estimate of drug-likeness (QED) is 0.789. The first-order valence-corrected chi connectivity index (χ1v) is 5.87. The van der Waals surface area contributed by atoms with Gasteiger partial charge in [0, 0.05) is 0 Å². The molecule has 0 spiro atoms. The number of nitrogens with one attached hydrogen (secondary N) is 1. The van der Waals surface area contributed by atoms with Crippen LogP contribution in [-0.2, 0) is 4.79 Å². The van der Waals surface area contributed by atoms with Gasteiger partial charge in [0.25, 0.3) is 0 Å². The molecule has 0 aliphatic carbocycles. The molecule has 3 N–H and O–H groups in total. The van der Waals surface area contributed by atoms with Crippen LogP contribution in [0.15, 0.2) is 24.3 Å². The maximum absolute atomic E-state index is 11.3. The van der Waals surface area contributed by atoms with E-state index in [1.807, 2.05) is 31.2 Å². The Hall–Kier alpha value is -1.75. The SMILES string of the molecule is COc1ccc(OC(C)CNC(=O)[C@H](C)N)cc1. The topological polar surface area (TPSA) is 73.6 Å². The number of carbonyl (C=O) groups is 1. The second-order valence-corrected chi connectivity index (χ2v) is 4.14. The lowest BCUT2D eigenvalue weighted by molar-refractivity contribution is -0.122. The molecule has 0 aliphatic rings. The molecule has 1 amide bonds. The molecule has 0 heterocycles. The highest BCUT2D eigenvalue weighted by Crippen LogP contribution is 2.17. The molecule has 18 heavy (non-hydrogen) atoms. The van der Waals surface area contributed by atoms with Crippen LogP contribution in [0, 0.1) is 0 Å². The van der Waals surface area contributed by atoms with Gasteiger partial charge in [-0.3, -0.25) is 4.79 Å². The van der Waals surface area contributed by atoms with Crippen molar-refractivity contribution in [2.75, 3.05) is 13.7 Å². The van der Waals surface area contributed by atoms with Gasteiger partial charge in [0.1, 0.15) is 17.6 Å². The Labute approximate surface area is 107 Å². The zero-order valence-electron chi connectivity index (χ0n) is 11.0. The summed E-state index contributed by atoms with van der Waals surface area (Å²) in [6.07, 6.45) is -0.124. The molecule has 1 aromatic rings. The number of benzene rings is 1. The van der Waals surface area contributed by atoms with E-state index in [4.69, 9.17) is 15.2 Å². The Bertz CT molecular complexity index is 376. The lowest BCUT2D eigenvalue weighted by Crippen LogP contribution is -2.42. The smallest absolute Gasteiger partial charge is 0.236 e. The van der Waals surface area contributed by atoms with Crippen LogP contribution >= 0.6 is 0 Å². The van der Waals surface area contributed by atoms with Crippen LogP contribution in [0.3, 0.4) is 0 Å². The molecule has 0 radical (unpaired) electrons. The summed E-state index contributed by atoms with van der Waals surface area (Å²) in [5, 5.41) is 2.71. The number of rotatable bonds is 6. The minimum Gasteiger partial charge on any atom is -0.497 e. The predicted molar refractivity (Wildman–Crippen MR) is 69.7 cm³/mol. The molecule has 0 aliphatic heterocycles. The third-order valence-corrected chi connectivity index (χ3v) is 2.37. The number of hydrogen-bond acceptors (Lipinski definition) is 4. The molecule has 5 nitrogen and oxygen atoms in total. The molecule has 0 saturated carbocycles. The van der Waals surface area contributed by atoms with Crippen molar-refractivity contribution in [3.05, 3.63) is 24.3 Å². The second kappa shape index (κ2) is 6.86. The van der Waals surface area contributed by atoms with Crippen LogP contribution in [0.5, 0.6) is 11.5 Å². The fraction of sp³-hybridized carbons (Fsp3) is 0.462. The minimum atomic E-state index is -0.502. The number of ether oxygens (including phenoxy) is 2. The van der Waals surface area contributed by atoms with Crippen molar-refractivity contribution in [2.45, 2.75) is 26.0 Å². The number of methoxy groups -OCH3 is 1. The number of nitrogens with two attached hydrogens (primary N) is 1. The second-order valence-electron chi connectivity index (χ2n) is 4.14. The maximum atomic E-state index is 11.3. The normalized spacial score (nSPS) is 13.6. The van der Waals surface area contributed by atoms with Crippen molar-refractivity contribution in [3.63, 3.8) is 0 Å². The van der Waals surface area contributed by atoms with Gasteiger partial charge in [-0.15, -0.1) is 0 Å². The molecule has 2 atom stereocenters. The largest absolute Gasteiger partial charge is 0.497 e. The molecule has 1 rings (SSSR count). The summed E-state index contributed by atoms with van der Waals surface area (Å²) in [6.45, 7) is 3.95. The number of carbonyl (C=O) groups excluding carboxylic acids is 1. The molecule has 0 saturated heterocycles. The van der Waals surface area contributed by atoms with Crippen molar-refractivity contribution in [3.8, 4) is 11.5 Å². The fourth-order valence-corrected chi connectivity index (χ4v) is 1.33. The maximum Gasteiger partial charge on any atom is 0.236 e. The van der Waals surface area contributed by atoms with Gasteiger partial charge in [-0.05, 0) is 38.1 Å². The van der Waals surface area contributed by atoms with Crippen molar-refractivity contribution in [1.82, 2.24) is 5.32 Å². The van der Waals surface area contributed by atoms with Gasteiger partial charge in [0.2, 0.25) is 5.91 Å². The number of hydrogen-bond donors (Lipinski definition) is 2. The summed E-state index contributed by atoms with van der Waals surface area (Å²) in [7, 11) is 1.61. The van der Waals surface area contributed by atoms with E-state index in [2.05, 4.69) is 5.32 Å². The highest BCUT2D eigenvalue weighted by atomic mass is 16.5. The van der Waals surface area contributed by atoms with Crippen LogP contribution in [0.2, 0.25) is 0 Å². The Morgan fingerprint density at radius 2 is 1.83 bits per heavy atom. The van der Waals surface area contributed by atoms with Crippen molar-refractivity contribution in [2.24, 2.45) is 5.73 Å². The van der Waals surface area contributed by atoms with E-state index in [1.165, 1.54) is 0 Å². The molecule has 0 bridgehead atoms. The summed E-state index contributed by atoms with van der Waals surface area (Å²) in [4.78, 5) is 11.3. The lowest BCUT2D eigenvalue weighted by atomic mass is 10.3. The van der Waals surface area contributed by atoms with E-state index >= 15 is 0 Å². The van der Waals surface area contributed by atoms with E-state index in [-0.39, 0.29) is 12.0 Å². The molecule has 100 valence electrons. The number of amides is 1. The van der Waals surface area contributed by atoms with E-state index in [9.17, 15) is 4.79 Å². The standard InChI is InChI=1S/C13H20N2O3/c1-9(8-15-13(16)10(2)14)18-12-6-4-11(17-3)5-7-12/h4-7,9-10H,8,14H2,1-3H3,(H,15,16)/t9?,10-/m0/s1. The molecule has 0 aromatic heterocycles. The summed E-state index contributed by atoms with van der Waals surface area (Å²) in [5.41, 5.74) is 5.44. The average molecular weight is 252 g/mol. The summed E-state index contributed by atoms with van der Waals surface area (Å²) in [5.74, 6) is 1.33. The van der Waals surface area contributed by atoms with Crippen LogP contribution in [0.25, 0.3) is 0 Å². The Kier molecular flexibility index (Phi) is 5.45.